The predicted molar refractivity (Wildman–Crippen MR) is 99.8 cm³/mol. The molecule has 24 heavy (non-hydrogen) atoms. The smallest absolute Gasteiger partial charge is 0.225 e. The minimum Gasteiger partial charge on any atom is -0.396 e. The van der Waals surface area contributed by atoms with Crippen LogP contribution in [-0.4, -0.2) is 17.6 Å². The number of nitrogens with one attached hydrogen (secondary N) is 1. The Morgan fingerprint density at radius 2 is 2.12 bits per heavy atom. The van der Waals surface area contributed by atoms with Gasteiger partial charge in [0.05, 0.1) is 5.00 Å². The first kappa shape index (κ1) is 17.2. The standard InChI is InChI=1S/C20H25NO2S/c1-13(16-6-4-3-5-7-16)10-19(23)21-20-14(2)17-9-8-15(12-22)11-18(17)24-20/h3-7,13,15,22H,8-12H2,1-2H3,(H,21,23). The minimum absolute atomic E-state index is 0.0757. The Hall–Kier alpha value is -1.65. The van der Waals surface area contributed by atoms with E-state index in [-0.39, 0.29) is 18.4 Å². The van der Waals surface area contributed by atoms with E-state index in [2.05, 4.69) is 31.3 Å². The monoisotopic (exact) mass is 343 g/mol. The molecule has 3 rings (SSSR count). The number of aliphatic hydroxyl groups excluding tert-OH is 1. The second-order valence-corrected chi connectivity index (χ2v) is 7.92. The van der Waals surface area contributed by atoms with E-state index < -0.39 is 0 Å². The fourth-order valence-corrected chi connectivity index (χ4v) is 4.83. The van der Waals surface area contributed by atoms with Crippen molar-refractivity contribution in [3.8, 4) is 0 Å². The summed E-state index contributed by atoms with van der Waals surface area (Å²) in [5.74, 6) is 0.656. The van der Waals surface area contributed by atoms with Gasteiger partial charge in [0, 0.05) is 17.9 Å². The Balaban J connectivity index is 1.66. The van der Waals surface area contributed by atoms with Gasteiger partial charge in [-0.05, 0) is 54.7 Å². The third-order valence-electron chi connectivity index (χ3n) is 5.00. The van der Waals surface area contributed by atoms with E-state index in [1.807, 2.05) is 18.2 Å². The van der Waals surface area contributed by atoms with Crippen molar-refractivity contribution >= 4 is 22.2 Å². The molecule has 0 bridgehead atoms. The number of aliphatic hydroxyl groups is 1. The molecule has 2 aromatic rings. The van der Waals surface area contributed by atoms with Crippen molar-refractivity contribution in [2.45, 2.75) is 45.4 Å². The summed E-state index contributed by atoms with van der Waals surface area (Å²) >= 11 is 1.69. The van der Waals surface area contributed by atoms with Crippen molar-refractivity contribution in [1.82, 2.24) is 0 Å². The van der Waals surface area contributed by atoms with Gasteiger partial charge in [0.2, 0.25) is 5.91 Å². The minimum atomic E-state index is 0.0757. The number of carbonyl (C=O) groups is 1. The number of rotatable bonds is 5. The van der Waals surface area contributed by atoms with Crippen LogP contribution in [0.15, 0.2) is 30.3 Å². The van der Waals surface area contributed by atoms with E-state index in [1.54, 1.807) is 11.3 Å². The molecular weight excluding hydrogens is 318 g/mol. The normalized spacial score (nSPS) is 18.0. The molecule has 0 saturated heterocycles. The predicted octanol–water partition coefficient (Wildman–Crippen LogP) is 4.29. The van der Waals surface area contributed by atoms with Crippen LogP contribution < -0.4 is 5.32 Å². The van der Waals surface area contributed by atoms with Crippen LogP contribution in [0.4, 0.5) is 5.00 Å². The number of fused-ring (bicyclic) bond motifs is 1. The van der Waals surface area contributed by atoms with Crippen LogP contribution in [0.2, 0.25) is 0 Å². The zero-order valence-electron chi connectivity index (χ0n) is 14.3. The van der Waals surface area contributed by atoms with E-state index >= 15 is 0 Å². The summed E-state index contributed by atoms with van der Waals surface area (Å²) in [7, 11) is 0. The number of hydrogen-bond donors (Lipinski definition) is 2. The molecule has 0 fully saturated rings. The van der Waals surface area contributed by atoms with Crippen LogP contribution in [0.5, 0.6) is 0 Å². The van der Waals surface area contributed by atoms with Crippen molar-refractivity contribution in [1.29, 1.82) is 0 Å². The maximum Gasteiger partial charge on any atom is 0.225 e. The fourth-order valence-electron chi connectivity index (χ4n) is 3.44. The molecule has 1 aliphatic rings. The lowest BCUT2D eigenvalue weighted by Crippen LogP contribution is -2.16. The highest BCUT2D eigenvalue weighted by atomic mass is 32.1. The van der Waals surface area contributed by atoms with Gasteiger partial charge in [-0.2, -0.15) is 0 Å². The molecule has 4 heteroatoms. The molecule has 2 atom stereocenters. The quantitative estimate of drug-likeness (QED) is 0.851. The summed E-state index contributed by atoms with van der Waals surface area (Å²) in [6, 6.07) is 10.2. The summed E-state index contributed by atoms with van der Waals surface area (Å²) in [5, 5.41) is 13.5. The van der Waals surface area contributed by atoms with Gasteiger partial charge in [0.15, 0.2) is 0 Å². The molecular formula is C20H25NO2S. The molecule has 1 aromatic carbocycles. The molecule has 0 saturated carbocycles. The first-order chi connectivity index (χ1) is 11.6. The number of carbonyl (C=O) groups excluding carboxylic acids is 1. The van der Waals surface area contributed by atoms with Gasteiger partial charge in [0.1, 0.15) is 0 Å². The Kier molecular flexibility index (Phi) is 5.36. The Morgan fingerprint density at radius 3 is 2.83 bits per heavy atom. The van der Waals surface area contributed by atoms with Crippen molar-refractivity contribution in [2.24, 2.45) is 5.92 Å². The highest BCUT2D eigenvalue weighted by Crippen LogP contribution is 2.39. The summed E-state index contributed by atoms with van der Waals surface area (Å²) in [6.07, 6.45) is 3.48. The van der Waals surface area contributed by atoms with E-state index in [1.165, 1.54) is 21.6 Å². The molecule has 0 aliphatic heterocycles. The summed E-state index contributed by atoms with van der Waals surface area (Å²) in [5.41, 5.74) is 3.80. The van der Waals surface area contributed by atoms with Gasteiger partial charge in [-0.3, -0.25) is 4.79 Å². The lowest BCUT2D eigenvalue weighted by atomic mass is 9.88. The lowest BCUT2D eigenvalue weighted by Gasteiger charge is -2.20. The van der Waals surface area contributed by atoms with Gasteiger partial charge >= 0.3 is 0 Å². The van der Waals surface area contributed by atoms with E-state index in [0.29, 0.717) is 12.3 Å². The van der Waals surface area contributed by atoms with Crippen LogP contribution in [0.1, 0.15) is 47.3 Å². The first-order valence-electron chi connectivity index (χ1n) is 8.65. The van der Waals surface area contributed by atoms with Crippen molar-refractivity contribution in [3.05, 3.63) is 51.9 Å². The number of thiophene rings is 1. The van der Waals surface area contributed by atoms with Gasteiger partial charge < -0.3 is 10.4 Å². The van der Waals surface area contributed by atoms with Crippen molar-refractivity contribution in [2.75, 3.05) is 11.9 Å². The molecule has 3 nitrogen and oxygen atoms in total. The number of anilines is 1. The first-order valence-corrected chi connectivity index (χ1v) is 9.47. The summed E-state index contributed by atoms with van der Waals surface area (Å²) in [4.78, 5) is 13.8. The molecule has 128 valence electrons. The third-order valence-corrected chi connectivity index (χ3v) is 6.27. The van der Waals surface area contributed by atoms with E-state index in [0.717, 1.165) is 24.3 Å². The van der Waals surface area contributed by atoms with Gasteiger partial charge in [-0.15, -0.1) is 11.3 Å². The van der Waals surface area contributed by atoms with E-state index in [9.17, 15) is 9.90 Å². The average Bonchev–Trinajstić information content (AvgIpc) is 2.90. The van der Waals surface area contributed by atoms with Crippen LogP contribution in [0.3, 0.4) is 0 Å². The zero-order chi connectivity index (χ0) is 17.1. The molecule has 1 aliphatic carbocycles. The Morgan fingerprint density at radius 1 is 1.38 bits per heavy atom. The van der Waals surface area contributed by atoms with Crippen LogP contribution in [-0.2, 0) is 17.6 Å². The average molecular weight is 343 g/mol. The van der Waals surface area contributed by atoms with Crippen LogP contribution in [0, 0.1) is 12.8 Å². The second-order valence-electron chi connectivity index (χ2n) is 6.81. The van der Waals surface area contributed by atoms with Crippen LogP contribution in [0.25, 0.3) is 0 Å². The number of benzene rings is 1. The largest absolute Gasteiger partial charge is 0.396 e. The summed E-state index contributed by atoms with van der Waals surface area (Å²) in [6.45, 7) is 4.45. The molecule has 1 amide bonds. The van der Waals surface area contributed by atoms with Crippen molar-refractivity contribution < 1.29 is 9.90 Å². The number of hydrogen-bond acceptors (Lipinski definition) is 3. The second kappa shape index (κ2) is 7.49. The molecule has 2 N–H and O–H groups in total. The Bertz CT molecular complexity index is 708. The van der Waals surface area contributed by atoms with Crippen molar-refractivity contribution in [3.63, 3.8) is 0 Å². The summed E-state index contributed by atoms with van der Waals surface area (Å²) < 4.78 is 0. The molecule has 1 heterocycles. The topological polar surface area (TPSA) is 49.3 Å². The number of amides is 1. The third kappa shape index (κ3) is 3.70. The molecule has 2 unspecified atom stereocenters. The van der Waals surface area contributed by atoms with Gasteiger partial charge in [-0.25, -0.2) is 0 Å². The Labute approximate surface area is 147 Å². The lowest BCUT2D eigenvalue weighted by molar-refractivity contribution is -0.116. The molecule has 1 aromatic heterocycles. The van der Waals surface area contributed by atoms with Crippen LogP contribution >= 0.6 is 11.3 Å². The zero-order valence-corrected chi connectivity index (χ0v) is 15.2. The maximum absolute atomic E-state index is 12.4. The fraction of sp³-hybridized carbons (Fsp3) is 0.450. The van der Waals surface area contributed by atoms with Gasteiger partial charge in [-0.1, -0.05) is 37.3 Å². The highest BCUT2D eigenvalue weighted by Gasteiger charge is 2.24. The van der Waals surface area contributed by atoms with E-state index in [4.69, 9.17) is 0 Å². The SMILES string of the molecule is Cc1c(NC(=O)CC(C)c2ccccc2)sc2c1CCC(CO)C2. The molecule has 0 radical (unpaired) electrons. The van der Waals surface area contributed by atoms with Gasteiger partial charge in [0.25, 0.3) is 0 Å². The highest BCUT2D eigenvalue weighted by molar-refractivity contribution is 7.16. The molecule has 0 spiro atoms. The maximum atomic E-state index is 12.4.